The van der Waals surface area contributed by atoms with E-state index < -0.39 is 0 Å². The van der Waals surface area contributed by atoms with Gasteiger partial charge in [-0.25, -0.2) is 4.98 Å². The summed E-state index contributed by atoms with van der Waals surface area (Å²) in [4.78, 5) is 4.36. The van der Waals surface area contributed by atoms with Crippen LogP contribution in [-0.2, 0) is 5.88 Å². The Kier molecular flexibility index (Phi) is 4.78. The molecule has 2 nitrogen and oxygen atoms in total. The Balaban J connectivity index is 2.12. The molecular formula is C15H21BrClNO. The first-order valence-corrected chi connectivity index (χ1v) is 8.09. The molecule has 0 saturated heterocycles. The van der Waals surface area contributed by atoms with Gasteiger partial charge >= 0.3 is 0 Å². The van der Waals surface area contributed by atoms with Crippen LogP contribution in [0.1, 0.15) is 45.6 Å². The van der Waals surface area contributed by atoms with Crippen molar-refractivity contribution in [1.82, 2.24) is 4.98 Å². The maximum absolute atomic E-state index is 6.12. The number of alkyl halides is 1. The minimum atomic E-state index is 0.245. The lowest BCUT2D eigenvalue weighted by Gasteiger charge is -2.38. The van der Waals surface area contributed by atoms with Crippen LogP contribution in [0.3, 0.4) is 0 Å². The lowest BCUT2D eigenvalue weighted by Crippen LogP contribution is -2.34. The van der Waals surface area contributed by atoms with E-state index in [9.17, 15) is 0 Å². The van der Waals surface area contributed by atoms with E-state index in [-0.39, 0.29) is 6.10 Å². The summed E-state index contributed by atoms with van der Waals surface area (Å²) >= 11 is 9.38. The predicted molar refractivity (Wildman–Crippen MR) is 82.7 cm³/mol. The summed E-state index contributed by atoms with van der Waals surface area (Å²) in [5, 5.41) is 0. The second kappa shape index (κ2) is 6.01. The van der Waals surface area contributed by atoms with E-state index >= 15 is 0 Å². The molecule has 1 aromatic rings. The van der Waals surface area contributed by atoms with Crippen molar-refractivity contribution in [3.8, 4) is 5.88 Å². The first-order valence-electron chi connectivity index (χ1n) is 6.76. The Labute approximate surface area is 129 Å². The molecule has 0 spiro atoms. The zero-order valence-corrected chi connectivity index (χ0v) is 14.1. The van der Waals surface area contributed by atoms with Gasteiger partial charge in [0.05, 0.1) is 5.88 Å². The van der Waals surface area contributed by atoms with Crippen LogP contribution in [0.2, 0.25) is 0 Å². The molecule has 19 heavy (non-hydrogen) atoms. The van der Waals surface area contributed by atoms with Gasteiger partial charge < -0.3 is 4.74 Å². The Bertz CT molecular complexity index is 450. The molecule has 4 heteroatoms. The summed E-state index contributed by atoms with van der Waals surface area (Å²) in [5.41, 5.74) is 1.30. The SMILES string of the molecule is CC1CC(Oc2ncc(Br)cc2CCl)CC(C)(C)C1. The normalized spacial score (nSPS) is 26.2. The fraction of sp³-hybridized carbons (Fsp3) is 0.667. The van der Waals surface area contributed by atoms with Crippen LogP contribution in [0.25, 0.3) is 0 Å². The van der Waals surface area contributed by atoms with Crippen molar-refractivity contribution in [3.63, 3.8) is 0 Å². The Morgan fingerprint density at radius 1 is 1.47 bits per heavy atom. The number of nitrogens with zero attached hydrogens (tertiary/aromatic N) is 1. The lowest BCUT2D eigenvalue weighted by molar-refractivity contribution is 0.0527. The number of halogens is 2. The second-order valence-electron chi connectivity index (χ2n) is 6.40. The number of rotatable bonds is 3. The fourth-order valence-electron chi connectivity index (χ4n) is 3.18. The third kappa shape index (κ3) is 4.09. The van der Waals surface area contributed by atoms with Gasteiger partial charge in [0.2, 0.25) is 5.88 Å². The van der Waals surface area contributed by atoms with E-state index in [1.807, 2.05) is 6.07 Å². The molecule has 2 atom stereocenters. The molecule has 0 amide bonds. The summed E-state index contributed by atoms with van der Waals surface area (Å²) in [6.45, 7) is 6.93. The second-order valence-corrected chi connectivity index (χ2v) is 7.59. The molecule has 2 unspecified atom stereocenters. The van der Waals surface area contributed by atoms with Crippen molar-refractivity contribution in [2.45, 2.75) is 52.0 Å². The van der Waals surface area contributed by atoms with Crippen LogP contribution in [0.5, 0.6) is 5.88 Å². The highest BCUT2D eigenvalue weighted by molar-refractivity contribution is 9.10. The summed E-state index contributed by atoms with van der Waals surface area (Å²) in [6.07, 6.45) is 5.46. The molecule has 0 aromatic carbocycles. The van der Waals surface area contributed by atoms with Gasteiger partial charge in [-0.05, 0) is 52.6 Å². The first-order chi connectivity index (χ1) is 8.89. The molecule has 1 saturated carbocycles. The van der Waals surface area contributed by atoms with Gasteiger partial charge in [0.15, 0.2) is 0 Å². The molecule has 1 heterocycles. The molecule has 1 aliphatic rings. The van der Waals surface area contributed by atoms with Gasteiger partial charge in [0.1, 0.15) is 6.10 Å². The molecular weight excluding hydrogens is 326 g/mol. The highest BCUT2D eigenvalue weighted by Gasteiger charge is 2.33. The van der Waals surface area contributed by atoms with E-state index in [1.165, 1.54) is 6.42 Å². The molecule has 106 valence electrons. The Hall–Kier alpha value is -0.280. The van der Waals surface area contributed by atoms with Crippen molar-refractivity contribution in [3.05, 3.63) is 22.3 Å². The topological polar surface area (TPSA) is 22.1 Å². The lowest BCUT2D eigenvalue weighted by atomic mass is 9.71. The molecule has 1 aliphatic carbocycles. The third-order valence-electron chi connectivity index (χ3n) is 3.66. The van der Waals surface area contributed by atoms with E-state index in [2.05, 4.69) is 41.7 Å². The summed E-state index contributed by atoms with van der Waals surface area (Å²) < 4.78 is 7.06. The predicted octanol–water partition coefficient (Wildman–Crippen LogP) is 5.18. The number of hydrogen-bond acceptors (Lipinski definition) is 2. The van der Waals surface area contributed by atoms with Crippen LogP contribution in [0, 0.1) is 11.3 Å². The van der Waals surface area contributed by atoms with Gasteiger partial charge in [0, 0.05) is 16.2 Å². The van der Waals surface area contributed by atoms with Crippen LogP contribution in [0.4, 0.5) is 0 Å². The van der Waals surface area contributed by atoms with Crippen LogP contribution < -0.4 is 4.74 Å². The molecule has 0 aliphatic heterocycles. The number of ether oxygens (including phenoxy) is 1. The largest absolute Gasteiger partial charge is 0.474 e. The van der Waals surface area contributed by atoms with Crippen molar-refractivity contribution >= 4 is 27.5 Å². The zero-order chi connectivity index (χ0) is 14.0. The number of pyridine rings is 1. The quantitative estimate of drug-likeness (QED) is 0.704. The minimum absolute atomic E-state index is 0.245. The average molecular weight is 347 g/mol. The number of hydrogen-bond donors (Lipinski definition) is 0. The molecule has 1 aromatic heterocycles. The van der Waals surface area contributed by atoms with Crippen molar-refractivity contribution < 1.29 is 4.74 Å². The van der Waals surface area contributed by atoms with Gasteiger partial charge in [-0.2, -0.15) is 0 Å². The first kappa shape index (κ1) is 15.1. The van der Waals surface area contributed by atoms with Crippen LogP contribution in [0.15, 0.2) is 16.7 Å². The number of aromatic nitrogens is 1. The van der Waals surface area contributed by atoms with Crippen molar-refractivity contribution in [2.75, 3.05) is 0 Å². The summed E-state index contributed by atoms with van der Waals surface area (Å²) in [5.74, 6) is 1.81. The Morgan fingerprint density at radius 3 is 2.84 bits per heavy atom. The van der Waals surface area contributed by atoms with E-state index in [0.717, 1.165) is 22.9 Å². The van der Waals surface area contributed by atoms with Gasteiger partial charge in [0.25, 0.3) is 0 Å². The highest BCUT2D eigenvalue weighted by Crippen LogP contribution is 2.40. The molecule has 1 fully saturated rings. The maximum atomic E-state index is 6.12. The molecule has 0 bridgehead atoms. The monoisotopic (exact) mass is 345 g/mol. The maximum Gasteiger partial charge on any atom is 0.218 e. The zero-order valence-electron chi connectivity index (χ0n) is 11.7. The molecule has 0 N–H and O–H groups in total. The standard InChI is InChI=1S/C15H21BrClNO/c1-10-4-13(7-15(2,3)6-10)19-14-11(8-17)5-12(16)9-18-14/h5,9-10,13H,4,6-8H2,1-3H3. The highest BCUT2D eigenvalue weighted by atomic mass is 79.9. The third-order valence-corrected chi connectivity index (χ3v) is 4.38. The van der Waals surface area contributed by atoms with E-state index in [0.29, 0.717) is 23.1 Å². The summed E-state index contributed by atoms with van der Waals surface area (Å²) in [6, 6.07) is 1.98. The minimum Gasteiger partial charge on any atom is -0.474 e. The summed E-state index contributed by atoms with van der Waals surface area (Å²) in [7, 11) is 0. The van der Waals surface area contributed by atoms with E-state index in [4.69, 9.17) is 16.3 Å². The average Bonchev–Trinajstić information content (AvgIpc) is 2.28. The Morgan fingerprint density at radius 2 is 2.21 bits per heavy atom. The van der Waals surface area contributed by atoms with Gasteiger partial charge in [-0.15, -0.1) is 11.6 Å². The van der Waals surface area contributed by atoms with Crippen LogP contribution in [-0.4, -0.2) is 11.1 Å². The molecule has 0 radical (unpaired) electrons. The molecule has 2 rings (SSSR count). The van der Waals surface area contributed by atoms with E-state index in [1.54, 1.807) is 6.20 Å². The fourth-order valence-corrected chi connectivity index (χ4v) is 3.75. The smallest absolute Gasteiger partial charge is 0.218 e. The van der Waals surface area contributed by atoms with Crippen molar-refractivity contribution in [2.24, 2.45) is 11.3 Å². The van der Waals surface area contributed by atoms with Crippen molar-refractivity contribution in [1.29, 1.82) is 0 Å². The van der Waals surface area contributed by atoms with Gasteiger partial charge in [-0.1, -0.05) is 20.8 Å². The van der Waals surface area contributed by atoms with Gasteiger partial charge in [-0.3, -0.25) is 0 Å². The van der Waals surface area contributed by atoms with Crippen LogP contribution >= 0.6 is 27.5 Å².